The maximum Gasteiger partial charge on any atom is 0.315 e. The second kappa shape index (κ2) is 7.63. The summed E-state index contributed by atoms with van der Waals surface area (Å²) in [5.41, 5.74) is 0.886. The van der Waals surface area contributed by atoms with Crippen LogP contribution in [0.5, 0.6) is 0 Å². The van der Waals surface area contributed by atoms with Crippen molar-refractivity contribution >= 4 is 15.9 Å². The molecule has 5 nitrogen and oxygen atoms in total. The zero-order valence-corrected chi connectivity index (χ0v) is 13.8. The van der Waals surface area contributed by atoms with Crippen LogP contribution in [0.2, 0.25) is 0 Å². The van der Waals surface area contributed by atoms with Gasteiger partial charge in [-0.2, -0.15) is 0 Å². The quantitative estimate of drug-likeness (QED) is 0.844. The fraction of sp³-hybridized carbons (Fsp3) is 0.562. The number of amides is 2. The minimum absolute atomic E-state index is 0.204. The average molecular weight is 324 g/mol. The molecule has 1 aliphatic carbocycles. The van der Waals surface area contributed by atoms with Gasteiger partial charge in [0.25, 0.3) is 0 Å². The van der Waals surface area contributed by atoms with Crippen molar-refractivity contribution < 1.29 is 13.2 Å². The van der Waals surface area contributed by atoms with Gasteiger partial charge in [-0.25, -0.2) is 13.2 Å². The molecule has 1 aromatic carbocycles. The first-order valence-electron chi connectivity index (χ1n) is 7.88. The number of urea groups is 1. The van der Waals surface area contributed by atoms with Crippen LogP contribution in [0.4, 0.5) is 4.79 Å². The molecular formula is C16H24N2O3S. The number of benzene rings is 1. The van der Waals surface area contributed by atoms with Crippen molar-refractivity contribution in [3.05, 3.63) is 29.8 Å². The number of carbonyl (C=O) groups is 1. The maximum absolute atomic E-state index is 12.5. The van der Waals surface area contributed by atoms with Crippen molar-refractivity contribution in [2.75, 3.05) is 6.54 Å². The van der Waals surface area contributed by atoms with E-state index in [1.807, 2.05) is 6.92 Å². The van der Waals surface area contributed by atoms with E-state index in [-0.39, 0.29) is 11.3 Å². The molecule has 0 atom stereocenters. The van der Waals surface area contributed by atoms with E-state index in [9.17, 15) is 13.2 Å². The summed E-state index contributed by atoms with van der Waals surface area (Å²) in [4.78, 5) is 11.8. The van der Waals surface area contributed by atoms with E-state index >= 15 is 0 Å². The highest BCUT2D eigenvalue weighted by molar-refractivity contribution is 7.92. The lowest BCUT2D eigenvalue weighted by atomic mass is 10.2. The number of rotatable bonds is 6. The first-order valence-corrected chi connectivity index (χ1v) is 9.43. The SMILES string of the molecule is CCCNC(=O)NCc1ccc(S(=O)(=O)C2CCCC2)cc1. The van der Waals surface area contributed by atoms with Crippen LogP contribution >= 0.6 is 0 Å². The van der Waals surface area contributed by atoms with E-state index in [1.165, 1.54) is 0 Å². The van der Waals surface area contributed by atoms with Crippen LogP contribution < -0.4 is 10.6 Å². The third-order valence-corrected chi connectivity index (χ3v) is 6.26. The van der Waals surface area contributed by atoms with E-state index in [0.29, 0.717) is 18.0 Å². The predicted octanol–water partition coefficient (Wildman–Crippen LogP) is 2.61. The number of nitrogens with one attached hydrogen (secondary N) is 2. The van der Waals surface area contributed by atoms with Crippen LogP contribution in [-0.4, -0.2) is 26.2 Å². The Balaban J connectivity index is 1.94. The van der Waals surface area contributed by atoms with Crippen molar-refractivity contribution in [1.82, 2.24) is 10.6 Å². The van der Waals surface area contributed by atoms with Crippen LogP contribution in [0.15, 0.2) is 29.2 Å². The van der Waals surface area contributed by atoms with Crippen LogP contribution in [0.3, 0.4) is 0 Å². The fourth-order valence-corrected chi connectivity index (χ4v) is 4.53. The monoisotopic (exact) mass is 324 g/mol. The standard InChI is InChI=1S/C16H24N2O3S/c1-2-11-17-16(19)18-12-13-7-9-15(10-8-13)22(20,21)14-5-3-4-6-14/h7-10,14H,2-6,11-12H2,1H3,(H2,17,18,19). The molecule has 1 saturated carbocycles. The highest BCUT2D eigenvalue weighted by atomic mass is 32.2. The summed E-state index contributed by atoms with van der Waals surface area (Å²) in [6, 6.07) is 6.62. The first-order chi connectivity index (χ1) is 10.5. The van der Waals surface area contributed by atoms with Gasteiger partial charge in [0.05, 0.1) is 10.1 Å². The summed E-state index contributed by atoms with van der Waals surface area (Å²) < 4.78 is 24.9. The van der Waals surface area contributed by atoms with Crippen LogP contribution in [-0.2, 0) is 16.4 Å². The molecule has 0 saturated heterocycles. The summed E-state index contributed by atoms with van der Waals surface area (Å²) >= 11 is 0. The Kier molecular flexibility index (Phi) is 5.83. The fourth-order valence-electron chi connectivity index (χ4n) is 2.67. The van der Waals surface area contributed by atoms with Crippen molar-refractivity contribution in [3.63, 3.8) is 0 Å². The van der Waals surface area contributed by atoms with E-state index in [2.05, 4.69) is 10.6 Å². The molecule has 122 valence electrons. The average Bonchev–Trinajstić information content (AvgIpc) is 3.06. The molecule has 0 aromatic heterocycles. The Morgan fingerprint density at radius 2 is 1.77 bits per heavy atom. The van der Waals surface area contributed by atoms with Gasteiger partial charge in [0, 0.05) is 13.1 Å². The van der Waals surface area contributed by atoms with Gasteiger partial charge < -0.3 is 10.6 Å². The van der Waals surface area contributed by atoms with Crippen molar-refractivity contribution in [3.8, 4) is 0 Å². The van der Waals surface area contributed by atoms with Crippen LogP contribution in [0.1, 0.15) is 44.6 Å². The number of sulfone groups is 1. The van der Waals surface area contributed by atoms with Gasteiger partial charge in [-0.3, -0.25) is 0 Å². The predicted molar refractivity (Wildman–Crippen MR) is 86.4 cm³/mol. The Morgan fingerprint density at radius 1 is 1.14 bits per heavy atom. The normalized spacial score (nSPS) is 15.7. The lowest BCUT2D eigenvalue weighted by Crippen LogP contribution is -2.35. The highest BCUT2D eigenvalue weighted by Crippen LogP contribution is 2.29. The van der Waals surface area contributed by atoms with Crippen LogP contribution in [0, 0.1) is 0 Å². The zero-order valence-electron chi connectivity index (χ0n) is 13.0. The second-order valence-electron chi connectivity index (χ2n) is 5.70. The minimum Gasteiger partial charge on any atom is -0.338 e. The number of carbonyl (C=O) groups excluding carboxylic acids is 1. The van der Waals surface area contributed by atoms with Crippen molar-refractivity contribution in [2.24, 2.45) is 0 Å². The maximum atomic E-state index is 12.5. The molecule has 1 aromatic rings. The third-order valence-electron chi connectivity index (χ3n) is 3.98. The molecular weight excluding hydrogens is 300 g/mol. The first kappa shape index (κ1) is 16.8. The Hall–Kier alpha value is -1.56. The summed E-state index contributed by atoms with van der Waals surface area (Å²) in [5.74, 6) is 0. The van der Waals surface area contributed by atoms with E-state index in [0.717, 1.165) is 37.7 Å². The van der Waals surface area contributed by atoms with Gasteiger partial charge in [-0.15, -0.1) is 0 Å². The van der Waals surface area contributed by atoms with Gasteiger partial charge >= 0.3 is 6.03 Å². The van der Waals surface area contributed by atoms with Gasteiger partial charge in [0.1, 0.15) is 0 Å². The smallest absolute Gasteiger partial charge is 0.315 e. The molecule has 0 bridgehead atoms. The van der Waals surface area contributed by atoms with Crippen molar-refractivity contribution in [2.45, 2.75) is 55.7 Å². The van der Waals surface area contributed by atoms with E-state index in [4.69, 9.17) is 0 Å². The molecule has 2 amide bonds. The molecule has 2 N–H and O–H groups in total. The van der Waals surface area contributed by atoms with Gasteiger partial charge in [0.15, 0.2) is 9.84 Å². The molecule has 0 unspecified atom stereocenters. The van der Waals surface area contributed by atoms with Gasteiger partial charge in [0.2, 0.25) is 0 Å². The Morgan fingerprint density at radius 3 is 2.36 bits per heavy atom. The summed E-state index contributed by atoms with van der Waals surface area (Å²) in [6.45, 7) is 3.02. The molecule has 6 heteroatoms. The topological polar surface area (TPSA) is 75.3 Å². The molecule has 0 heterocycles. The largest absolute Gasteiger partial charge is 0.338 e. The molecule has 0 spiro atoms. The summed E-state index contributed by atoms with van der Waals surface area (Å²) in [5, 5.41) is 5.25. The molecule has 2 rings (SSSR count). The highest BCUT2D eigenvalue weighted by Gasteiger charge is 2.29. The third kappa shape index (κ3) is 4.22. The summed E-state index contributed by atoms with van der Waals surface area (Å²) in [7, 11) is -3.20. The summed E-state index contributed by atoms with van der Waals surface area (Å²) in [6.07, 6.45) is 4.42. The molecule has 0 radical (unpaired) electrons. The van der Waals surface area contributed by atoms with Crippen molar-refractivity contribution in [1.29, 1.82) is 0 Å². The van der Waals surface area contributed by atoms with Gasteiger partial charge in [-0.1, -0.05) is 31.9 Å². The number of hydrogen-bond donors (Lipinski definition) is 2. The number of hydrogen-bond acceptors (Lipinski definition) is 3. The second-order valence-corrected chi connectivity index (χ2v) is 7.93. The lowest BCUT2D eigenvalue weighted by molar-refractivity contribution is 0.240. The van der Waals surface area contributed by atoms with E-state index < -0.39 is 9.84 Å². The lowest BCUT2D eigenvalue weighted by Gasteiger charge is -2.12. The Bertz CT molecular complexity index is 590. The minimum atomic E-state index is -3.20. The molecule has 0 aliphatic heterocycles. The van der Waals surface area contributed by atoms with Gasteiger partial charge in [-0.05, 0) is 37.0 Å². The Labute approximate surface area is 132 Å². The van der Waals surface area contributed by atoms with Crippen LogP contribution in [0.25, 0.3) is 0 Å². The molecule has 22 heavy (non-hydrogen) atoms. The van der Waals surface area contributed by atoms with E-state index in [1.54, 1.807) is 24.3 Å². The molecule has 1 fully saturated rings. The molecule has 1 aliphatic rings. The zero-order chi connectivity index (χ0) is 16.0.